The van der Waals surface area contributed by atoms with Gasteiger partial charge in [-0.15, -0.1) is 10.2 Å². The van der Waals surface area contributed by atoms with Gasteiger partial charge in [0.2, 0.25) is 0 Å². The van der Waals surface area contributed by atoms with Crippen LogP contribution in [0.25, 0.3) is 22.1 Å². The normalized spacial score (nSPS) is 11.5. The largest absolute Gasteiger partial charge is 0.273 e. The Morgan fingerprint density at radius 1 is 0.708 bits per heavy atom. The molecule has 0 aliphatic rings. The Hall–Kier alpha value is -3.68. The molecule has 0 N–H and O–H groups in total. The number of fused-ring (bicyclic) bond motifs is 2. The summed E-state index contributed by atoms with van der Waals surface area (Å²) in [6.45, 7) is 0. The molecule has 2 aromatic carbocycles. The summed E-state index contributed by atoms with van der Waals surface area (Å²) in [5.74, 6) is -0.942. The van der Waals surface area contributed by atoms with Crippen LogP contribution < -0.4 is 0 Å². The van der Waals surface area contributed by atoms with Crippen LogP contribution >= 0.6 is 0 Å². The smallest absolute Gasteiger partial charge is 0.267 e. The van der Waals surface area contributed by atoms with Crippen molar-refractivity contribution in [2.45, 2.75) is 0 Å². The van der Waals surface area contributed by atoms with Gasteiger partial charge in [-0.1, -0.05) is 34.7 Å². The first-order chi connectivity index (χ1) is 11.7. The minimum absolute atomic E-state index is 0.471. The van der Waals surface area contributed by atoms with Crippen LogP contribution in [0.2, 0.25) is 0 Å². The first-order valence-corrected chi connectivity index (χ1v) is 7.12. The molecule has 8 nitrogen and oxygen atoms in total. The van der Waals surface area contributed by atoms with E-state index in [1.807, 2.05) is 0 Å². The monoisotopic (exact) mass is 318 g/mol. The van der Waals surface area contributed by atoms with E-state index >= 15 is 0 Å². The predicted octanol–water partition coefficient (Wildman–Crippen LogP) is 1.71. The third-order valence-electron chi connectivity index (χ3n) is 3.49. The zero-order valence-electron chi connectivity index (χ0n) is 12.3. The Kier molecular flexibility index (Phi) is 3.20. The minimum Gasteiger partial charge on any atom is -0.267 e. The molecular weight excluding hydrogens is 308 g/mol. The van der Waals surface area contributed by atoms with E-state index in [0.29, 0.717) is 22.1 Å². The quantitative estimate of drug-likeness (QED) is 0.522. The minimum atomic E-state index is -0.471. The number of benzene rings is 2. The van der Waals surface area contributed by atoms with Gasteiger partial charge in [0, 0.05) is 12.2 Å². The fraction of sp³-hybridized carbons (Fsp3) is 0. The lowest BCUT2D eigenvalue weighted by Crippen LogP contribution is -2.13. The number of hydrogen-bond donors (Lipinski definition) is 0. The van der Waals surface area contributed by atoms with E-state index in [4.69, 9.17) is 0 Å². The van der Waals surface area contributed by atoms with Crippen LogP contribution in [-0.2, 0) is 0 Å². The van der Waals surface area contributed by atoms with Gasteiger partial charge in [-0.2, -0.15) is 9.36 Å². The van der Waals surface area contributed by atoms with Gasteiger partial charge in [-0.3, -0.25) is 9.59 Å². The number of aromatic nitrogens is 6. The Morgan fingerprint density at radius 3 is 1.58 bits per heavy atom. The predicted molar refractivity (Wildman–Crippen MR) is 85.4 cm³/mol. The number of carbonyl (C=O) groups is 2. The van der Waals surface area contributed by atoms with Crippen molar-refractivity contribution in [2.75, 3.05) is 0 Å². The molecule has 0 saturated carbocycles. The van der Waals surface area contributed by atoms with Crippen LogP contribution in [0.4, 0.5) is 0 Å². The van der Waals surface area contributed by atoms with Crippen molar-refractivity contribution in [3.8, 4) is 0 Å². The van der Waals surface area contributed by atoms with Gasteiger partial charge in [0.1, 0.15) is 11.0 Å². The fourth-order valence-electron chi connectivity index (χ4n) is 2.35. The van der Waals surface area contributed by atoms with E-state index < -0.39 is 11.8 Å². The van der Waals surface area contributed by atoms with Gasteiger partial charge >= 0.3 is 0 Å². The second-order valence-corrected chi connectivity index (χ2v) is 4.99. The summed E-state index contributed by atoms with van der Waals surface area (Å²) in [6, 6.07) is 14.1. The number of rotatable bonds is 2. The molecule has 2 aromatic heterocycles. The molecule has 0 radical (unpaired) electrons. The number of allylic oxidation sites excluding steroid dienone is 2. The number of hydrogen-bond acceptors (Lipinski definition) is 6. The van der Waals surface area contributed by atoms with E-state index in [1.165, 1.54) is 0 Å². The molecule has 2 heterocycles. The van der Waals surface area contributed by atoms with Crippen LogP contribution in [0, 0.1) is 0 Å². The van der Waals surface area contributed by atoms with Gasteiger partial charge in [-0.05, 0) is 24.3 Å². The number of nitrogens with zero attached hydrogens (tertiary/aromatic N) is 6. The van der Waals surface area contributed by atoms with Crippen LogP contribution in [0.5, 0.6) is 0 Å². The van der Waals surface area contributed by atoms with Gasteiger partial charge < -0.3 is 0 Å². The topological polar surface area (TPSA) is 95.6 Å². The molecule has 0 aliphatic heterocycles. The highest BCUT2D eigenvalue weighted by molar-refractivity contribution is 6.02. The lowest BCUT2D eigenvalue weighted by molar-refractivity contribution is 0.0930. The molecule has 0 bridgehead atoms. The summed E-state index contributed by atoms with van der Waals surface area (Å²) >= 11 is 0. The van der Waals surface area contributed by atoms with Crippen LogP contribution in [-0.4, -0.2) is 41.8 Å². The summed E-state index contributed by atoms with van der Waals surface area (Å²) in [4.78, 5) is 24.5. The average molecular weight is 318 g/mol. The summed E-state index contributed by atoms with van der Waals surface area (Å²) < 4.78 is 2.27. The third kappa shape index (κ3) is 2.26. The molecular formula is C16H10N6O2. The van der Waals surface area contributed by atoms with Crippen molar-refractivity contribution in [2.24, 2.45) is 0 Å². The highest BCUT2D eigenvalue weighted by Crippen LogP contribution is 2.11. The van der Waals surface area contributed by atoms with E-state index in [0.717, 1.165) is 21.5 Å². The number of para-hydroxylation sites is 2. The lowest BCUT2D eigenvalue weighted by Gasteiger charge is -1.97. The Bertz CT molecular complexity index is 1020. The van der Waals surface area contributed by atoms with Crippen molar-refractivity contribution in [3.05, 3.63) is 60.7 Å². The maximum absolute atomic E-state index is 12.2. The van der Waals surface area contributed by atoms with E-state index in [-0.39, 0.29) is 0 Å². The van der Waals surface area contributed by atoms with E-state index in [9.17, 15) is 9.59 Å². The Morgan fingerprint density at radius 2 is 1.12 bits per heavy atom. The number of carbonyl (C=O) groups excluding carboxylic acids is 2. The zero-order chi connectivity index (χ0) is 16.5. The van der Waals surface area contributed by atoms with Crippen molar-refractivity contribution < 1.29 is 9.59 Å². The first-order valence-electron chi connectivity index (χ1n) is 7.12. The van der Waals surface area contributed by atoms with Crippen LogP contribution in [0.3, 0.4) is 0 Å². The molecule has 0 atom stereocenters. The summed E-state index contributed by atoms with van der Waals surface area (Å²) in [5, 5.41) is 15.4. The molecule has 0 saturated heterocycles. The fourth-order valence-corrected chi connectivity index (χ4v) is 2.35. The highest BCUT2D eigenvalue weighted by atomic mass is 16.2. The van der Waals surface area contributed by atoms with E-state index in [2.05, 4.69) is 20.6 Å². The second kappa shape index (κ2) is 5.51. The van der Waals surface area contributed by atoms with Crippen molar-refractivity contribution in [1.29, 1.82) is 0 Å². The van der Waals surface area contributed by atoms with Crippen molar-refractivity contribution >= 4 is 33.9 Å². The first kappa shape index (κ1) is 13.9. The molecule has 116 valence electrons. The van der Waals surface area contributed by atoms with E-state index in [1.54, 1.807) is 48.5 Å². The Labute approximate surface area is 135 Å². The lowest BCUT2D eigenvalue weighted by atomic mass is 10.3. The molecule has 0 unspecified atom stereocenters. The SMILES string of the molecule is O=C(/C=C/C(=O)n1nnc2ccccc21)n1nnc2ccccc21. The average Bonchev–Trinajstić information content (AvgIpc) is 3.23. The van der Waals surface area contributed by atoms with Gasteiger partial charge in [0.25, 0.3) is 11.8 Å². The summed E-state index contributed by atoms with van der Waals surface area (Å²) in [6.07, 6.45) is 2.28. The van der Waals surface area contributed by atoms with Gasteiger partial charge in [0.15, 0.2) is 0 Å². The van der Waals surface area contributed by atoms with Crippen molar-refractivity contribution in [1.82, 2.24) is 30.0 Å². The molecule has 24 heavy (non-hydrogen) atoms. The van der Waals surface area contributed by atoms with Crippen LogP contribution in [0.15, 0.2) is 60.7 Å². The second-order valence-electron chi connectivity index (χ2n) is 4.99. The molecule has 0 amide bonds. The van der Waals surface area contributed by atoms with Gasteiger partial charge in [0.05, 0.1) is 11.0 Å². The van der Waals surface area contributed by atoms with Crippen LogP contribution in [0.1, 0.15) is 9.59 Å². The molecule has 0 spiro atoms. The maximum Gasteiger partial charge on any atom is 0.273 e. The molecule has 4 rings (SSSR count). The van der Waals surface area contributed by atoms with Crippen molar-refractivity contribution in [3.63, 3.8) is 0 Å². The highest BCUT2D eigenvalue weighted by Gasteiger charge is 2.11. The third-order valence-corrected chi connectivity index (χ3v) is 3.49. The molecule has 8 heteroatoms. The molecule has 0 aliphatic carbocycles. The van der Waals surface area contributed by atoms with Gasteiger partial charge in [-0.25, -0.2) is 0 Å². The Balaban J connectivity index is 1.62. The molecule has 4 aromatic rings. The molecule has 0 fully saturated rings. The zero-order valence-corrected chi connectivity index (χ0v) is 12.3. The maximum atomic E-state index is 12.2. The summed E-state index contributed by atoms with van der Waals surface area (Å²) in [5.41, 5.74) is 2.36. The summed E-state index contributed by atoms with van der Waals surface area (Å²) in [7, 11) is 0. The standard InChI is InChI=1S/C16H10N6O2/c23-15(21-13-7-3-1-5-11(13)17-19-21)9-10-16(24)22-14-8-4-2-6-12(14)18-20-22/h1-10H/b10-9+.